The summed E-state index contributed by atoms with van der Waals surface area (Å²) in [5.41, 5.74) is 3.29. The van der Waals surface area contributed by atoms with Gasteiger partial charge in [0.1, 0.15) is 18.1 Å². The average molecular weight is 364 g/mol. The molecular weight excluding hydrogens is 340 g/mol. The normalized spacial score (nSPS) is 10.7. The molecule has 0 aliphatic rings. The summed E-state index contributed by atoms with van der Waals surface area (Å²) < 4.78 is 5.86. The first-order valence-electron chi connectivity index (χ1n) is 9.14. The monoisotopic (exact) mass is 364 g/mol. The van der Waals surface area contributed by atoms with Crippen LogP contribution < -0.4 is 10.1 Å². The minimum Gasteiger partial charge on any atom is -0.489 e. The summed E-state index contributed by atoms with van der Waals surface area (Å²) >= 11 is 0. The molecule has 0 unspecified atom stereocenters. The van der Waals surface area contributed by atoms with Gasteiger partial charge in [0.05, 0.1) is 0 Å². The highest BCUT2D eigenvalue weighted by atomic mass is 16.5. The van der Waals surface area contributed by atoms with Crippen LogP contribution in [0, 0.1) is 0 Å². The first-order chi connectivity index (χ1) is 13.1. The number of rotatable bonds is 9. The lowest BCUT2D eigenvalue weighted by Crippen LogP contribution is -2.25. The van der Waals surface area contributed by atoms with Crippen LogP contribution in [0.4, 0.5) is 0 Å². The van der Waals surface area contributed by atoms with Crippen LogP contribution in [-0.4, -0.2) is 23.2 Å². The number of carbonyl (C=O) groups is 2. The Labute approximate surface area is 158 Å². The zero-order valence-electron chi connectivity index (χ0n) is 15.5. The SMILES string of the molecule is CC(=O)CCC(=O)NCCc1c[nH]c2cc(OCc3ccccc3)ccc12. The zero-order chi connectivity index (χ0) is 19.1. The van der Waals surface area contributed by atoms with E-state index in [1.165, 1.54) is 6.92 Å². The smallest absolute Gasteiger partial charge is 0.220 e. The number of hydrogen-bond donors (Lipinski definition) is 2. The Morgan fingerprint density at radius 2 is 1.89 bits per heavy atom. The number of benzene rings is 2. The van der Waals surface area contributed by atoms with Crippen LogP contribution in [0.15, 0.2) is 54.7 Å². The number of H-pyrrole nitrogens is 1. The third-order valence-corrected chi connectivity index (χ3v) is 4.41. The Hall–Kier alpha value is -3.08. The second-order valence-corrected chi connectivity index (χ2v) is 6.60. The molecule has 140 valence electrons. The summed E-state index contributed by atoms with van der Waals surface area (Å²) in [4.78, 5) is 25.9. The van der Waals surface area contributed by atoms with Crippen molar-refractivity contribution in [2.45, 2.75) is 32.8 Å². The molecule has 5 heteroatoms. The van der Waals surface area contributed by atoms with Gasteiger partial charge in [-0.05, 0) is 36.6 Å². The molecule has 1 amide bonds. The van der Waals surface area contributed by atoms with Crippen molar-refractivity contribution in [2.24, 2.45) is 0 Å². The number of nitrogens with one attached hydrogen (secondary N) is 2. The molecular formula is C22H24N2O3. The van der Waals surface area contributed by atoms with Crippen molar-refractivity contribution < 1.29 is 14.3 Å². The lowest BCUT2D eigenvalue weighted by molar-refractivity contribution is -0.124. The number of amides is 1. The third-order valence-electron chi connectivity index (χ3n) is 4.41. The van der Waals surface area contributed by atoms with Gasteiger partial charge in [-0.15, -0.1) is 0 Å². The quantitative estimate of drug-likeness (QED) is 0.607. The number of fused-ring (bicyclic) bond motifs is 1. The average Bonchev–Trinajstić information content (AvgIpc) is 3.08. The largest absolute Gasteiger partial charge is 0.489 e. The Balaban J connectivity index is 1.54. The molecule has 0 radical (unpaired) electrons. The molecule has 0 fully saturated rings. The van der Waals surface area contributed by atoms with E-state index < -0.39 is 0 Å². The minimum atomic E-state index is -0.0818. The summed E-state index contributed by atoms with van der Waals surface area (Å²) in [5.74, 6) is 0.769. The number of aromatic amines is 1. The maximum absolute atomic E-state index is 11.7. The van der Waals surface area contributed by atoms with Gasteiger partial charge in [-0.3, -0.25) is 4.79 Å². The van der Waals surface area contributed by atoms with Crippen molar-refractivity contribution in [3.63, 3.8) is 0 Å². The Morgan fingerprint density at radius 1 is 1.07 bits per heavy atom. The number of Topliss-reactive ketones (excluding diaryl/α,β-unsaturated/α-hetero) is 1. The van der Waals surface area contributed by atoms with Crippen LogP contribution in [-0.2, 0) is 22.6 Å². The van der Waals surface area contributed by atoms with Gasteiger partial charge in [0.25, 0.3) is 0 Å². The van der Waals surface area contributed by atoms with Crippen molar-refractivity contribution >= 4 is 22.6 Å². The molecule has 3 aromatic rings. The molecule has 2 aromatic carbocycles. The van der Waals surface area contributed by atoms with Crippen molar-refractivity contribution in [1.29, 1.82) is 0 Å². The molecule has 0 spiro atoms. The van der Waals surface area contributed by atoms with E-state index in [1.807, 2.05) is 54.7 Å². The molecule has 3 rings (SSSR count). The lowest BCUT2D eigenvalue weighted by Gasteiger charge is -2.07. The van der Waals surface area contributed by atoms with Gasteiger partial charge < -0.3 is 19.8 Å². The first kappa shape index (κ1) is 18.7. The second-order valence-electron chi connectivity index (χ2n) is 6.60. The van der Waals surface area contributed by atoms with Gasteiger partial charge >= 0.3 is 0 Å². The minimum absolute atomic E-state index is 0.0343. The highest BCUT2D eigenvalue weighted by Gasteiger charge is 2.07. The number of ketones is 1. The van der Waals surface area contributed by atoms with E-state index >= 15 is 0 Å². The second kappa shape index (κ2) is 9.03. The lowest BCUT2D eigenvalue weighted by atomic mass is 10.1. The molecule has 0 aliphatic heterocycles. The zero-order valence-corrected chi connectivity index (χ0v) is 15.5. The first-order valence-corrected chi connectivity index (χ1v) is 9.14. The van der Waals surface area contributed by atoms with E-state index in [0.29, 0.717) is 19.6 Å². The Morgan fingerprint density at radius 3 is 2.67 bits per heavy atom. The fourth-order valence-electron chi connectivity index (χ4n) is 2.92. The van der Waals surface area contributed by atoms with E-state index in [0.717, 1.165) is 34.2 Å². The fraction of sp³-hybridized carbons (Fsp3) is 0.273. The van der Waals surface area contributed by atoms with E-state index in [9.17, 15) is 9.59 Å². The van der Waals surface area contributed by atoms with Gasteiger partial charge in [0.15, 0.2) is 0 Å². The summed E-state index contributed by atoms with van der Waals surface area (Å²) in [6.07, 6.45) is 3.25. The summed E-state index contributed by atoms with van der Waals surface area (Å²) in [7, 11) is 0. The molecule has 2 N–H and O–H groups in total. The van der Waals surface area contributed by atoms with E-state index in [4.69, 9.17) is 4.74 Å². The maximum Gasteiger partial charge on any atom is 0.220 e. The standard InChI is InChI=1S/C22H24N2O3/c1-16(25)7-10-22(26)23-12-11-18-14-24-21-13-19(8-9-20(18)21)27-15-17-5-3-2-4-6-17/h2-6,8-9,13-14,24H,7,10-12,15H2,1H3,(H,23,26). The maximum atomic E-state index is 11.7. The Kier molecular flexibility index (Phi) is 6.26. The highest BCUT2D eigenvalue weighted by molar-refractivity contribution is 5.85. The predicted molar refractivity (Wildman–Crippen MR) is 106 cm³/mol. The molecule has 0 atom stereocenters. The van der Waals surface area contributed by atoms with Crippen LogP contribution in [0.2, 0.25) is 0 Å². The fourth-order valence-corrected chi connectivity index (χ4v) is 2.92. The molecule has 1 aromatic heterocycles. The number of ether oxygens (including phenoxy) is 1. The molecule has 0 bridgehead atoms. The molecule has 0 aliphatic carbocycles. The topological polar surface area (TPSA) is 71.2 Å². The highest BCUT2D eigenvalue weighted by Crippen LogP contribution is 2.24. The number of carbonyl (C=O) groups excluding carboxylic acids is 2. The van der Waals surface area contributed by atoms with Crippen molar-refractivity contribution in [1.82, 2.24) is 10.3 Å². The van der Waals surface area contributed by atoms with E-state index in [-0.39, 0.29) is 18.1 Å². The molecule has 0 saturated heterocycles. The summed E-state index contributed by atoms with van der Waals surface area (Å²) in [5, 5.41) is 3.99. The number of aromatic nitrogens is 1. The van der Waals surface area contributed by atoms with Crippen molar-refractivity contribution in [2.75, 3.05) is 6.54 Å². The van der Waals surface area contributed by atoms with Gasteiger partial charge in [-0.1, -0.05) is 30.3 Å². The van der Waals surface area contributed by atoms with Crippen LogP contribution in [0.25, 0.3) is 10.9 Å². The van der Waals surface area contributed by atoms with Crippen LogP contribution in [0.1, 0.15) is 30.9 Å². The summed E-state index contributed by atoms with van der Waals surface area (Å²) in [6.45, 7) is 2.58. The van der Waals surface area contributed by atoms with Gasteiger partial charge in [-0.2, -0.15) is 0 Å². The van der Waals surface area contributed by atoms with Crippen LogP contribution in [0.5, 0.6) is 5.75 Å². The van der Waals surface area contributed by atoms with Gasteiger partial charge in [0, 0.05) is 42.6 Å². The van der Waals surface area contributed by atoms with Crippen molar-refractivity contribution in [3.05, 3.63) is 65.9 Å². The van der Waals surface area contributed by atoms with Crippen LogP contribution in [0.3, 0.4) is 0 Å². The predicted octanol–water partition coefficient (Wildman–Crippen LogP) is 3.77. The third kappa shape index (κ3) is 5.45. The molecule has 0 saturated carbocycles. The number of hydrogen-bond acceptors (Lipinski definition) is 3. The van der Waals surface area contributed by atoms with Gasteiger partial charge in [0.2, 0.25) is 5.91 Å². The molecule has 1 heterocycles. The molecule has 27 heavy (non-hydrogen) atoms. The van der Waals surface area contributed by atoms with Crippen LogP contribution >= 0.6 is 0 Å². The Bertz CT molecular complexity index is 916. The summed E-state index contributed by atoms with van der Waals surface area (Å²) in [6, 6.07) is 16.1. The van der Waals surface area contributed by atoms with E-state index in [2.05, 4.69) is 10.3 Å². The van der Waals surface area contributed by atoms with E-state index in [1.54, 1.807) is 0 Å². The van der Waals surface area contributed by atoms with Crippen molar-refractivity contribution in [3.8, 4) is 5.75 Å². The molecule has 5 nitrogen and oxygen atoms in total. The van der Waals surface area contributed by atoms with Gasteiger partial charge in [-0.25, -0.2) is 0 Å².